The van der Waals surface area contributed by atoms with Crippen LogP contribution in [0, 0.1) is 5.92 Å². The van der Waals surface area contributed by atoms with E-state index in [1.54, 1.807) is 24.0 Å². The van der Waals surface area contributed by atoms with Crippen LogP contribution in [0.2, 0.25) is 0 Å². The highest BCUT2D eigenvalue weighted by atomic mass is 16.6. The zero-order valence-corrected chi connectivity index (χ0v) is 19.7. The standard InChI is InChI=1S/C24H35NO6/c1-8-29-21(27)18-13-14-25(22(28)31-24(5,6)7)15-19(18)16-9-11-17(12-10-16)20(26)30-23(2,3)4/h9-12,18-19H,8,13-15H2,1-7H3/t18-,19-/m1/s1. The lowest BCUT2D eigenvalue weighted by atomic mass is 9.80. The van der Waals surface area contributed by atoms with Crippen molar-refractivity contribution in [2.45, 2.75) is 72.0 Å². The largest absolute Gasteiger partial charge is 0.466 e. The van der Waals surface area contributed by atoms with Crippen LogP contribution >= 0.6 is 0 Å². The van der Waals surface area contributed by atoms with Gasteiger partial charge in [0.05, 0.1) is 18.1 Å². The van der Waals surface area contributed by atoms with Gasteiger partial charge < -0.3 is 19.1 Å². The Balaban J connectivity index is 2.24. The Morgan fingerprint density at radius 2 is 1.55 bits per heavy atom. The van der Waals surface area contributed by atoms with Crippen molar-refractivity contribution in [3.05, 3.63) is 35.4 Å². The molecule has 0 spiro atoms. The van der Waals surface area contributed by atoms with Crippen LogP contribution < -0.4 is 0 Å². The van der Waals surface area contributed by atoms with Crippen LogP contribution in [-0.4, -0.2) is 53.8 Å². The topological polar surface area (TPSA) is 82.1 Å². The first kappa shape index (κ1) is 24.7. The summed E-state index contributed by atoms with van der Waals surface area (Å²) in [7, 11) is 0. The number of carbonyl (C=O) groups excluding carboxylic acids is 3. The summed E-state index contributed by atoms with van der Waals surface area (Å²) in [4.78, 5) is 39.1. The number of hydrogen-bond acceptors (Lipinski definition) is 6. The smallest absolute Gasteiger partial charge is 0.410 e. The molecule has 0 unspecified atom stereocenters. The van der Waals surface area contributed by atoms with Gasteiger partial charge in [0.25, 0.3) is 0 Å². The van der Waals surface area contributed by atoms with Crippen LogP contribution in [0.3, 0.4) is 0 Å². The molecule has 7 nitrogen and oxygen atoms in total. The molecule has 2 atom stereocenters. The van der Waals surface area contributed by atoms with Gasteiger partial charge in [0.2, 0.25) is 0 Å². The Hall–Kier alpha value is -2.57. The number of benzene rings is 1. The number of piperidine rings is 1. The molecule has 0 radical (unpaired) electrons. The molecule has 0 aromatic heterocycles. The van der Waals surface area contributed by atoms with Gasteiger partial charge in [-0.1, -0.05) is 12.1 Å². The average Bonchev–Trinajstić information content (AvgIpc) is 2.65. The number of rotatable bonds is 4. The minimum atomic E-state index is -0.598. The molecule has 1 aliphatic rings. The van der Waals surface area contributed by atoms with Gasteiger partial charge in [-0.3, -0.25) is 4.79 Å². The third kappa shape index (κ3) is 7.26. The van der Waals surface area contributed by atoms with E-state index in [2.05, 4.69) is 0 Å². The van der Waals surface area contributed by atoms with Gasteiger partial charge in [0.15, 0.2) is 0 Å². The number of ether oxygens (including phenoxy) is 3. The van der Waals surface area contributed by atoms with E-state index in [1.165, 1.54) is 0 Å². The molecule has 172 valence electrons. The Kier molecular flexibility index (Phi) is 7.73. The summed E-state index contributed by atoms with van der Waals surface area (Å²) in [6, 6.07) is 7.01. The number of nitrogens with zero attached hydrogens (tertiary/aromatic N) is 1. The van der Waals surface area contributed by atoms with Crippen LogP contribution in [0.15, 0.2) is 24.3 Å². The Bertz CT molecular complexity index is 788. The fraction of sp³-hybridized carbons (Fsp3) is 0.625. The number of carbonyl (C=O) groups is 3. The van der Waals surface area contributed by atoms with Crippen molar-refractivity contribution in [1.29, 1.82) is 0 Å². The highest BCUT2D eigenvalue weighted by Crippen LogP contribution is 2.34. The third-order valence-corrected chi connectivity index (χ3v) is 4.83. The molecule has 0 N–H and O–H groups in total. The molecule has 2 rings (SSSR count). The quantitative estimate of drug-likeness (QED) is 0.512. The number of amides is 1. The summed E-state index contributed by atoms with van der Waals surface area (Å²) in [6.07, 6.45) is 0.0847. The highest BCUT2D eigenvalue weighted by Gasteiger charge is 2.38. The van der Waals surface area contributed by atoms with Gasteiger partial charge in [-0.25, -0.2) is 9.59 Å². The van der Waals surface area contributed by atoms with Crippen molar-refractivity contribution in [2.75, 3.05) is 19.7 Å². The second-order valence-corrected chi connectivity index (χ2v) is 9.80. The Morgan fingerprint density at radius 3 is 2.06 bits per heavy atom. The number of esters is 2. The second kappa shape index (κ2) is 9.71. The van der Waals surface area contributed by atoms with Gasteiger partial charge in [-0.05, 0) is 72.6 Å². The molecule has 1 aliphatic heterocycles. The molecule has 1 aromatic carbocycles. The van der Waals surface area contributed by atoms with Crippen LogP contribution in [0.4, 0.5) is 4.79 Å². The maximum Gasteiger partial charge on any atom is 0.410 e. The molecule has 1 saturated heterocycles. The summed E-state index contributed by atoms with van der Waals surface area (Å²) in [5.41, 5.74) is 0.117. The molecule has 0 aliphatic carbocycles. The predicted octanol–water partition coefficient (Wildman–Crippen LogP) is 4.55. The van der Waals surface area contributed by atoms with Crippen molar-refractivity contribution in [3.63, 3.8) is 0 Å². The molecule has 7 heteroatoms. The summed E-state index contributed by atoms with van der Waals surface area (Å²) in [5.74, 6) is -1.30. The number of likely N-dealkylation sites (tertiary alicyclic amines) is 1. The zero-order valence-electron chi connectivity index (χ0n) is 19.7. The maximum atomic E-state index is 12.6. The van der Waals surface area contributed by atoms with E-state index in [0.717, 1.165) is 5.56 Å². The zero-order chi connectivity index (χ0) is 23.4. The van der Waals surface area contributed by atoms with E-state index in [4.69, 9.17) is 14.2 Å². The van der Waals surface area contributed by atoms with Gasteiger partial charge >= 0.3 is 18.0 Å². The van der Waals surface area contributed by atoms with Crippen LogP contribution in [0.5, 0.6) is 0 Å². The predicted molar refractivity (Wildman–Crippen MR) is 117 cm³/mol. The van der Waals surface area contributed by atoms with Crippen LogP contribution in [0.1, 0.15) is 76.7 Å². The van der Waals surface area contributed by atoms with E-state index >= 15 is 0 Å². The minimum absolute atomic E-state index is 0.256. The molecule has 0 bridgehead atoms. The first-order valence-corrected chi connectivity index (χ1v) is 10.8. The first-order chi connectivity index (χ1) is 14.3. The molecule has 1 heterocycles. The lowest BCUT2D eigenvalue weighted by molar-refractivity contribution is -0.150. The minimum Gasteiger partial charge on any atom is -0.466 e. The maximum absolute atomic E-state index is 12.6. The van der Waals surface area contributed by atoms with Gasteiger partial charge in [-0.2, -0.15) is 0 Å². The highest BCUT2D eigenvalue weighted by molar-refractivity contribution is 5.89. The van der Waals surface area contributed by atoms with Gasteiger partial charge in [0.1, 0.15) is 11.2 Å². The van der Waals surface area contributed by atoms with E-state index in [9.17, 15) is 14.4 Å². The van der Waals surface area contributed by atoms with E-state index in [0.29, 0.717) is 31.7 Å². The summed E-state index contributed by atoms with van der Waals surface area (Å²) < 4.78 is 16.2. The van der Waals surface area contributed by atoms with Crippen molar-refractivity contribution in [3.8, 4) is 0 Å². The molecular weight excluding hydrogens is 398 g/mol. The average molecular weight is 434 g/mol. The fourth-order valence-corrected chi connectivity index (χ4v) is 3.52. The third-order valence-electron chi connectivity index (χ3n) is 4.83. The van der Waals surface area contributed by atoms with Gasteiger partial charge in [-0.15, -0.1) is 0 Å². The molecule has 31 heavy (non-hydrogen) atoms. The van der Waals surface area contributed by atoms with Crippen molar-refractivity contribution in [1.82, 2.24) is 4.90 Å². The normalized spacial score (nSPS) is 19.5. The van der Waals surface area contributed by atoms with E-state index in [1.807, 2.05) is 53.7 Å². The lowest BCUT2D eigenvalue weighted by Crippen LogP contribution is -2.47. The second-order valence-electron chi connectivity index (χ2n) is 9.80. The molecule has 1 amide bonds. The van der Waals surface area contributed by atoms with Crippen molar-refractivity contribution < 1.29 is 28.6 Å². The van der Waals surface area contributed by atoms with Gasteiger partial charge in [0, 0.05) is 19.0 Å². The monoisotopic (exact) mass is 433 g/mol. The summed E-state index contributed by atoms with van der Waals surface area (Å²) >= 11 is 0. The summed E-state index contributed by atoms with van der Waals surface area (Å²) in [5, 5.41) is 0. The summed E-state index contributed by atoms with van der Waals surface area (Å²) in [6.45, 7) is 13.8. The van der Waals surface area contributed by atoms with Crippen LogP contribution in [0.25, 0.3) is 0 Å². The van der Waals surface area contributed by atoms with Crippen molar-refractivity contribution >= 4 is 18.0 Å². The van der Waals surface area contributed by atoms with Crippen molar-refractivity contribution in [2.24, 2.45) is 5.92 Å². The van der Waals surface area contributed by atoms with Crippen LogP contribution in [-0.2, 0) is 19.0 Å². The molecular formula is C24H35NO6. The number of hydrogen-bond donors (Lipinski definition) is 0. The fourth-order valence-electron chi connectivity index (χ4n) is 3.52. The van der Waals surface area contributed by atoms with E-state index in [-0.39, 0.29) is 17.8 Å². The van der Waals surface area contributed by atoms with E-state index < -0.39 is 23.3 Å². The molecule has 1 aromatic rings. The Morgan fingerprint density at radius 1 is 0.968 bits per heavy atom. The lowest BCUT2D eigenvalue weighted by Gasteiger charge is -2.38. The first-order valence-electron chi connectivity index (χ1n) is 10.8. The SMILES string of the molecule is CCOC(=O)[C@@H]1CCN(C(=O)OC(C)(C)C)C[C@@H]1c1ccc(C(=O)OC(C)(C)C)cc1. The molecule has 0 saturated carbocycles. The Labute approximate surface area is 185 Å². The molecule has 1 fully saturated rings.